The van der Waals surface area contributed by atoms with Crippen LogP contribution in [-0.2, 0) is 9.59 Å². The van der Waals surface area contributed by atoms with E-state index in [0.29, 0.717) is 5.56 Å². The summed E-state index contributed by atoms with van der Waals surface area (Å²) in [6.45, 7) is -0.0944. The van der Waals surface area contributed by atoms with Crippen LogP contribution in [0.2, 0.25) is 0 Å². The number of hydrogen-bond donors (Lipinski definition) is 1. The molecule has 3 rings (SSSR count). The summed E-state index contributed by atoms with van der Waals surface area (Å²) in [6.07, 6.45) is 2.65. The summed E-state index contributed by atoms with van der Waals surface area (Å²) in [6, 6.07) is 5.60. The number of hydrogen-bond acceptors (Lipinski definition) is 3. The minimum Gasteiger partial charge on any atom is -0.387 e. The SMILES string of the molecule is O=C1CC2(CCCC2)C(=O)N1CC(O)c1cccc(F)c1. The average molecular weight is 291 g/mol. The van der Waals surface area contributed by atoms with Crippen LogP contribution in [0.15, 0.2) is 24.3 Å². The largest absolute Gasteiger partial charge is 0.387 e. The lowest BCUT2D eigenvalue weighted by atomic mass is 9.84. The first-order chi connectivity index (χ1) is 10.0. The fourth-order valence-electron chi connectivity index (χ4n) is 3.48. The number of imide groups is 1. The first-order valence-corrected chi connectivity index (χ1v) is 7.30. The molecule has 4 nitrogen and oxygen atoms in total. The van der Waals surface area contributed by atoms with Crippen LogP contribution < -0.4 is 0 Å². The molecular weight excluding hydrogens is 273 g/mol. The van der Waals surface area contributed by atoms with Crippen molar-refractivity contribution in [2.45, 2.75) is 38.2 Å². The van der Waals surface area contributed by atoms with E-state index < -0.39 is 17.3 Å². The van der Waals surface area contributed by atoms with E-state index in [2.05, 4.69) is 0 Å². The van der Waals surface area contributed by atoms with Gasteiger partial charge in [0.15, 0.2) is 0 Å². The van der Waals surface area contributed by atoms with Gasteiger partial charge in [0.2, 0.25) is 11.8 Å². The molecule has 5 heteroatoms. The molecular formula is C16H18FNO3. The minimum atomic E-state index is -1.05. The van der Waals surface area contributed by atoms with E-state index in [1.807, 2.05) is 0 Å². The highest BCUT2D eigenvalue weighted by Crippen LogP contribution is 2.47. The van der Waals surface area contributed by atoms with Crippen molar-refractivity contribution in [3.63, 3.8) is 0 Å². The molecule has 1 aromatic carbocycles. The lowest BCUT2D eigenvalue weighted by molar-refractivity contribution is -0.143. The Morgan fingerprint density at radius 3 is 2.67 bits per heavy atom. The summed E-state index contributed by atoms with van der Waals surface area (Å²) < 4.78 is 13.2. The molecule has 1 saturated heterocycles. The quantitative estimate of drug-likeness (QED) is 0.868. The zero-order chi connectivity index (χ0) is 15.0. The molecule has 1 atom stereocenters. The number of aliphatic hydroxyl groups excluding tert-OH is 1. The number of halogens is 1. The van der Waals surface area contributed by atoms with Crippen LogP contribution in [0, 0.1) is 11.2 Å². The fraction of sp³-hybridized carbons (Fsp3) is 0.500. The van der Waals surface area contributed by atoms with Gasteiger partial charge in [-0.25, -0.2) is 4.39 Å². The standard InChI is InChI=1S/C16H18FNO3/c17-12-5-3-4-11(8-12)13(19)10-18-14(20)9-16(15(18)21)6-1-2-7-16/h3-5,8,13,19H,1-2,6-7,9-10H2. The highest BCUT2D eigenvalue weighted by molar-refractivity contribution is 6.06. The molecule has 1 aromatic rings. The van der Waals surface area contributed by atoms with Gasteiger partial charge in [-0.2, -0.15) is 0 Å². The van der Waals surface area contributed by atoms with E-state index in [0.717, 1.165) is 30.6 Å². The molecule has 1 aliphatic carbocycles. The Morgan fingerprint density at radius 1 is 1.29 bits per heavy atom. The molecule has 1 heterocycles. The van der Waals surface area contributed by atoms with Crippen LogP contribution in [0.4, 0.5) is 4.39 Å². The first-order valence-electron chi connectivity index (χ1n) is 7.30. The molecule has 1 aliphatic heterocycles. The minimum absolute atomic E-state index is 0.0944. The van der Waals surface area contributed by atoms with Crippen LogP contribution in [0.3, 0.4) is 0 Å². The summed E-state index contributed by atoms with van der Waals surface area (Å²) in [4.78, 5) is 25.7. The summed E-state index contributed by atoms with van der Waals surface area (Å²) >= 11 is 0. The lowest BCUT2D eigenvalue weighted by Crippen LogP contribution is -2.37. The number of amides is 2. The van der Waals surface area contributed by atoms with Crippen molar-refractivity contribution >= 4 is 11.8 Å². The van der Waals surface area contributed by atoms with E-state index in [1.54, 1.807) is 6.07 Å². The van der Waals surface area contributed by atoms with Gasteiger partial charge >= 0.3 is 0 Å². The van der Waals surface area contributed by atoms with Gasteiger partial charge in [0.05, 0.1) is 18.1 Å². The Kier molecular flexibility index (Phi) is 3.53. The van der Waals surface area contributed by atoms with E-state index in [4.69, 9.17) is 0 Å². The van der Waals surface area contributed by atoms with Gasteiger partial charge in [-0.05, 0) is 30.5 Å². The number of β-amino-alcohol motifs (C(OH)–C–C–N with tert-alkyl or cyclic N) is 1. The highest BCUT2D eigenvalue weighted by atomic mass is 19.1. The molecule has 1 N–H and O–H groups in total. The first kappa shape index (κ1) is 14.2. The van der Waals surface area contributed by atoms with Crippen molar-refractivity contribution in [1.29, 1.82) is 0 Å². The van der Waals surface area contributed by atoms with Crippen molar-refractivity contribution in [3.8, 4) is 0 Å². The molecule has 2 fully saturated rings. The summed E-state index contributed by atoms with van der Waals surface area (Å²) in [5, 5.41) is 10.2. The van der Waals surface area contributed by atoms with Gasteiger partial charge in [-0.15, -0.1) is 0 Å². The van der Waals surface area contributed by atoms with Gasteiger partial charge < -0.3 is 5.11 Å². The van der Waals surface area contributed by atoms with Crippen LogP contribution in [0.25, 0.3) is 0 Å². The molecule has 1 spiro atoms. The predicted molar refractivity (Wildman–Crippen MR) is 73.6 cm³/mol. The third kappa shape index (κ3) is 2.46. The third-order valence-corrected chi connectivity index (χ3v) is 4.64. The maximum atomic E-state index is 13.2. The van der Waals surface area contributed by atoms with E-state index in [1.165, 1.54) is 18.2 Å². The van der Waals surface area contributed by atoms with Crippen molar-refractivity contribution in [2.24, 2.45) is 5.41 Å². The Hall–Kier alpha value is -1.75. The molecule has 1 unspecified atom stereocenters. The number of likely N-dealkylation sites (tertiary alicyclic amines) is 1. The summed E-state index contributed by atoms with van der Waals surface area (Å²) in [7, 11) is 0. The molecule has 2 amide bonds. The van der Waals surface area contributed by atoms with Crippen molar-refractivity contribution in [1.82, 2.24) is 4.90 Å². The maximum absolute atomic E-state index is 13.2. The van der Waals surface area contributed by atoms with Crippen LogP contribution in [-0.4, -0.2) is 28.4 Å². The van der Waals surface area contributed by atoms with Crippen LogP contribution in [0.1, 0.15) is 43.8 Å². The Morgan fingerprint density at radius 2 is 2.00 bits per heavy atom. The van der Waals surface area contributed by atoms with E-state index in [-0.39, 0.29) is 24.8 Å². The van der Waals surface area contributed by atoms with Gasteiger partial charge in [-0.1, -0.05) is 25.0 Å². The number of benzene rings is 1. The van der Waals surface area contributed by atoms with Crippen molar-refractivity contribution in [3.05, 3.63) is 35.6 Å². The molecule has 0 bridgehead atoms. The van der Waals surface area contributed by atoms with Gasteiger partial charge in [0, 0.05) is 6.42 Å². The second-order valence-corrected chi connectivity index (χ2v) is 6.04. The Balaban J connectivity index is 1.75. The predicted octanol–water partition coefficient (Wildman–Crippen LogP) is 2.18. The van der Waals surface area contributed by atoms with Crippen molar-refractivity contribution in [2.75, 3.05) is 6.54 Å². The smallest absolute Gasteiger partial charge is 0.236 e. The highest BCUT2D eigenvalue weighted by Gasteiger charge is 2.52. The Bertz CT molecular complexity index is 581. The van der Waals surface area contributed by atoms with Gasteiger partial charge in [-0.3, -0.25) is 14.5 Å². The number of nitrogens with zero attached hydrogens (tertiary/aromatic N) is 1. The molecule has 0 aromatic heterocycles. The van der Waals surface area contributed by atoms with E-state index >= 15 is 0 Å². The van der Waals surface area contributed by atoms with Gasteiger partial charge in [0.25, 0.3) is 0 Å². The molecule has 112 valence electrons. The number of carbonyl (C=O) groups excluding carboxylic acids is 2. The molecule has 21 heavy (non-hydrogen) atoms. The topological polar surface area (TPSA) is 57.6 Å². The van der Waals surface area contributed by atoms with E-state index in [9.17, 15) is 19.1 Å². The number of carbonyl (C=O) groups is 2. The van der Waals surface area contributed by atoms with Gasteiger partial charge in [0.1, 0.15) is 5.82 Å². The fourth-order valence-corrected chi connectivity index (χ4v) is 3.48. The number of aliphatic hydroxyl groups is 1. The average Bonchev–Trinajstić information content (AvgIpc) is 3.00. The second-order valence-electron chi connectivity index (χ2n) is 6.04. The Labute approximate surface area is 122 Å². The van der Waals surface area contributed by atoms with Crippen LogP contribution >= 0.6 is 0 Å². The maximum Gasteiger partial charge on any atom is 0.236 e. The molecule has 1 saturated carbocycles. The molecule has 2 aliphatic rings. The summed E-state index contributed by atoms with van der Waals surface area (Å²) in [5.74, 6) is -0.837. The zero-order valence-corrected chi connectivity index (χ0v) is 11.7. The second kappa shape index (κ2) is 5.22. The normalized spacial score (nSPS) is 22.3. The lowest BCUT2D eigenvalue weighted by Gasteiger charge is -2.23. The molecule has 0 radical (unpaired) electrons. The van der Waals surface area contributed by atoms with Crippen molar-refractivity contribution < 1.29 is 19.1 Å². The summed E-state index contributed by atoms with van der Waals surface area (Å²) in [5.41, 5.74) is -0.151. The van der Waals surface area contributed by atoms with Crippen LogP contribution in [0.5, 0.6) is 0 Å². The monoisotopic (exact) mass is 291 g/mol. The number of rotatable bonds is 3. The third-order valence-electron chi connectivity index (χ3n) is 4.64. The zero-order valence-electron chi connectivity index (χ0n) is 11.7.